The van der Waals surface area contributed by atoms with Crippen molar-refractivity contribution in [2.24, 2.45) is 5.92 Å². The molecule has 0 saturated carbocycles. The lowest BCUT2D eigenvalue weighted by atomic mass is 10.1. The fourth-order valence-corrected chi connectivity index (χ4v) is 3.15. The molecule has 0 aliphatic carbocycles. The van der Waals surface area contributed by atoms with E-state index in [1.807, 2.05) is 0 Å². The molecular weight excluding hydrogens is 347 g/mol. The number of rotatable bonds is 5. The first-order valence-corrected chi connectivity index (χ1v) is 8.92. The number of carbonyl (C=O) groups excluding carboxylic acids is 2. The molecular formula is C20H23FN4O2. The Morgan fingerprint density at radius 1 is 1.11 bits per heavy atom. The van der Waals surface area contributed by atoms with Gasteiger partial charge in [0.1, 0.15) is 5.82 Å². The summed E-state index contributed by atoms with van der Waals surface area (Å²) in [6, 6.07) is 12.9. The van der Waals surface area contributed by atoms with E-state index in [-0.39, 0.29) is 17.8 Å². The lowest BCUT2D eigenvalue weighted by molar-refractivity contribution is 0.0963. The Morgan fingerprint density at radius 3 is 2.48 bits per heavy atom. The monoisotopic (exact) mass is 370 g/mol. The Kier molecular flexibility index (Phi) is 5.90. The predicted octanol–water partition coefficient (Wildman–Crippen LogP) is 2.83. The fourth-order valence-electron chi connectivity index (χ4n) is 3.15. The summed E-state index contributed by atoms with van der Waals surface area (Å²) >= 11 is 0. The summed E-state index contributed by atoms with van der Waals surface area (Å²) in [5, 5.41) is 8.20. The number of amides is 3. The van der Waals surface area contributed by atoms with E-state index in [0.29, 0.717) is 23.7 Å². The van der Waals surface area contributed by atoms with Crippen LogP contribution in [0.1, 0.15) is 16.8 Å². The van der Waals surface area contributed by atoms with E-state index in [0.717, 1.165) is 25.2 Å². The van der Waals surface area contributed by atoms with Gasteiger partial charge in [0.15, 0.2) is 0 Å². The van der Waals surface area contributed by atoms with Crippen LogP contribution >= 0.6 is 0 Å². The van der Waals surface area contributed by atoms with Crippen molar-refractivity contribution in [2.75, 3.05) is 36.9 Å². The molecule has 3 rings (SSSR count). The van der Waals surface area contributed by atoms with Crippen molar-refractivity contribution in [3.63, 3.8) is 0 Å². The lowest BCUT2D eigenvalue weighted by Gasteiger charge is -2.19. The Balaban J connectivity index is 1.44. The van der Waals surface area contributed by atoms with Gasteiger partial charge in [-0.05, 0) is 60.9 Å². The van der Waals surface area contributed by atoms with E-state index in [9.17, 15) is 14.0 Å². The van der Waals surface area contributed by atoms with Crippen LogP contribution < -0.4 is 20.9 Å². The van der Waals surface area contributed by atoms with Gasteiger partial charge in [-0.1, -0.05) is 0 Å². The molecule has 6 nitrogen and oxygen atoms in total. The molecule has 0 bridgehead atoms. The van der Waals surface area contributed by atoms with Crippen LogP contribution in [0.3, 0.4) is 0 Å². The summed E-state index contributed by atoms with van der Waals surface area (Å²) < 4.78 is 13.0. The van der Waals surface area contributed by atoms with Gasteiger partial charge in [-0.25, -0.2) is 9.18 Å². The molecule has 1 fully saturated rings. The smallest absolute Gasteiger partial charge is 0.319 e. The first-order valence-electron chi connectivity index (χ1n) is 8.92. The minimum atomic E-state index is -0.275. The van der Waals surface area contributed by atoms with Crippen LogP contribution in [0.4, 0.5) is 20.6 Å². The molecule has 1 saturated heterocycles. The number of nitrogens with one attached hydrogen (secondary N) is 3. The maximum atomic E-state index is 13.0. The fraction of sp³-hybridized carbons (Fsp3) is 0.300. The molecule has 2 aromatic rings. The number of hydrogen-bond acceptors (Lipinski definition) is 3. The van der Waals surface area contributed by atoms with Crippen LogP contribution in [0.2, 0.25) is 0 Å². The number of hydrogen-bond donors (Lipinski definition) is 3. The molecule has 0 radical (unpaired) electrons. The normalized spacial score (nSPS) is 16.1. The van der Waals surface area contributed by atoms with Gasteiger partial charge in [0.25, 0.3) is 5.91 Å². The minimum absolute atomic E-state index is 0.169. The van der Waals surface area contributed by atoms with Crippen LogP contribution in [0, 0.1) is 11.7 Å². The third-order valence-electron chi connectivity index (χ3n) is 4.66. The van der Waals surface area contributed by atoms with Gasteiger partial charge in [-0.3, -0.25) is 4.79 Å². The van der Waals surface area contributed by atoms with Gasteiger partial charge in [0, 0.05) is 43.6 Å². The zero-order valence-electron chi connectivity index (χ0n) is 15.2. The molecule has 1 heterocycles. The van der Waals surface area contributed by atoms with Gasteiger partial charge >= 0.3 is 6.03 Å². The maximum Gasteiger partial charge on any atom is 0.319 e. The molecule has 0 aromatic heterocycles. The van der Waals surface area contributed by atoms with E-state index in [4.69, 9.17) is 0 Å². The highest BCUT2D eigenvalue weighted by atomic mass is 19.1. The first-order chi connectivity index (χ1) is 13.0. The van der Waals surface area contributed by atoms with Crippen LogP contribution in [0.15, 0.2) is 48.5 Å². The van der Waals surface area contributed by atoms with Crippen LogP contribution in [-0.4, -0.2) is 38.6 Å². The predicted molar refractivity (Wildman–Crippen MR) is 104 cm³/mol. The van der Waals surface area contributed by atoms with E-state index in [1.165, 1.54) is 12.1 Å². The second-order valence-corrected chi connectivity index (χ2v) is 6.57. The Morgan fingerprint density at radius 2 is 1.81 bits per heavy atom. The number of urea groups is 1. The molecule has 3 amide bonds. The van der Waals surface area contributed by atoms with E-state index in [1.54, 1.807) is 43.4 Å². The number of nitrogens with zero attached hydrogens (tertiary/aromatic N) is 1. The highest BCUT2D eigenvalue weighted by Gasteiger charge is 2.23. The number of benzene rings is 2. The van der Waals surface area contributed by atoms with Gasteiger partial charge in [0.05, 0.1) is 0 Å². The molecule has 7 heteroatoms. The zero-order valence-corrected chi connectivity index (χ0v) is 15.2. The first kappa shape index (κ1) is 18.7. The van der Waals surface area contributed by atoms with Gasteiger partial charge in [0.2, 0.25) is 0 Å². The summed E-state index contributed by atoms with van der Waals surface area (Å²) in [6.07, 6.45) is 0.971. The standard InChI is InChI=1S/C20H23FN4O2/c1-22-19(26)15-2-6-17(7-3-15)24-20(27)23-12-14-10-11-25(13-14)18-8-4-16(21)5-9-18/h2-9,14H,10-13H2,1H3,(H,22,26)(H2,23,24,27)/t14-/m0/s1. The highest BCUT2D eigenvalue weighted by Crippen LogP contribution is 2.23. The van der Waals surface area contributed by atoms with Gasteiger partial charge < -0.3 is 20.9 Å². The Labute approximate surface area is 157 Å². The minimum Gasteiger partial charge on any atom is -0.371 e. The van der Waals surface area contributed by atoms with Crippen molar-refractivity contribution in [3.05, 3.63) is 59.9 Å². The van der Waals surface area contributed by atoms with Crippen molar-refractivity contribution in [2.45, 2.75) is 6.42 Å². The van der Waals surface area contributed by atoms with Crippen LogP contribution in [0.25, 0.3) is 0 Å². The van der Waals surface area contributed by atoms with Crippen molar-refractivity contribution >= 4 is 23.3 Å². The summed E-state index contributed by atoms with van der Waals surface area (Å²) in [5.41, 5.74) is 2.16. The van der Waals surface area contributed by atoms with Gasteiger partial charge in [-0.15, -0.1) is 0 Å². The summed E-state index contributed by atoms with van der Waals surface area (Å²) in [7, 11) is 1.57. The molecule has 3 N–H and O–H groups in total. The van der Waals surface area contributed by atoms with E-state index in [2.05, 4.69) is 20.9 Å². The maximum absolute atomic E-state index is 13.0. The summed E-state index contributed by atoms with van der Waals surface area (Å²) in [6.45, 7) is 2.28. The molecule has 142 valence electrons. The third kappa shape index (κ3) is 4.97. The van der Waals surface area contributed by atoms with Crippen molar-refractivity contribution in [1.29, 1.82) is 0 Å². The zero-order chi connectivity index (χ0) is 19.2. The number of carbonyl (C=O) groups is 2. The lowest BCUT2D eigenvalue weighted by Crippen LogP contribution is -2.34. The highest BCUT2D eigenvalue weighted by molar-refractivity contribution is 5.95. The summed E-state index contributed by atoms with van der Waals surface area (Å²) in [4.78, 5) is 25.8. The molecule has 1 atom stereocenters. The Bertz CT molecular complexity index is 793. The van der Waals surface area contributed by atoms with Crippen molar-refractivity contribution in [1.82, 2.24) is 10.6 Å². The SMILES string of the molecule is CNC(=O)c1ccc(NC(=O)NC[C@@H]2CCN(c3ccc(F)cc3)C2)cc1. The molecule has 0 unspecified atom stereocenters. The quantitative estimate of drug-likeness (QED) is 0.758. The molecule has 1 aliphatic rings. The summed E-state index contributed by atoms with van der Waals surface area (Å²) in [5.74, 6) is -0.0643. The molecule has 0 spiro atoms. The molecule has 27 heavy (non-hydrogen) atoms. The second kappa shape index (κ2) is 8.53. The molecule has 1 aliphatic heterocycles. The molecule has 2 aromatic carbocycles. The number of anilines is 2. The van der Waals surface area contributed by atoms with Crippen molar-refractivity contribution in [3.8, 4) is 0 Å². The van der Waals surface area contributed by atoms with E-state index < -0.39 is 0 Å². The average molecular weight is 370 g/mol. The second-order valence-electron chi connectivity index (χ2n) is 6.57. The van der Waals surface area contributed by atoms with Crippen LogP contribution in [0.5, 0.6) is 0 Å². The topological polar surface area (TPSA) is 73.5 Å². The number of halogens is 1. The van der Waals surface area contributed by atoms with E-state index >= 15 is 0 Å². The average Bonchev–Trinajstić information content (AvgIpc) is 3.16. The van der Waals surface area contributed by atoms with Crippen molar-refractivity contribution < 1.29 is 14.0 Å². The third-order valence-corrected chi connectivity index (χ3v) is 4.66. The Hall–Kier alpha value is -3.09. The largest absolute Gasteiger partial charge is 0.371 e. The van der Waals surface area contributed by atoms with Crippen LogP contribution in [-0.2, 0) is 0 Å². The van der Waals surface area contributed by atoms with Gasteiger partial charge in [-0.2, -0.15) is 0 Å².